The van der Waals surface area contributed by atoms with E-state index >= 15 is 0 Å². The average molecular weight is 256 g/mol. The molecular formula is C11H16N2O3S. The zero-order valence-corrected chi connectivity index (χ0v) is 10.8. The van der Waals surface area contributed by atoms with E-state index in [-0.39, 0.29) is 11.5 Å². The molecule has 0 spiro atoms. The van der Waals surface area contributed by atoms with E-state index in [1.54, 1.807) is 7.11 Å². The third kappa shape index (κ3) is 2.42. The maximum Gasteiger partial charge on any atom is 0.347 e. The van der Waals surface area contributed by atoms with Gasteiger partial charge < -0.3 is 14.7 Å². The standard InChI is InChI=1S/C11H16N2O3S/c1-13(7-4-3-5-7)11-12-8(6-16-2)9(17-11)10(14)15/h7H,3-6H2,1-2H3,(H,14,15). The van der Waals surface area contributed by atoms with Crippen LogP contribution in [0.3, 0.4) is 0 Å². The first-order valence-corrected chi connectivity index (χ1v) is 6.40. The van der Waals surface area contributed by atoms with Crippen LogP contribution in [0.2, 0.25) is 0 Å². The van der Waals surface area contributed by atoms with E-state index in [2.05, 4.69) is 9.88 Å². The summed E-state index contributed by atoms with van der Waals surface area (Å²) in [5.41, 5.74) is 0.520. The number of anilines is 1. The van der Waals surface area contributed by atoms with E-state index in [9.17, 15) is 4.79 Å². The number of nitrogens with zero attached hydrogens (tertiary/aromatic N) is 2. The molecule has 2 rings (SSSR count). The summed E-state index contributed by atoms with van der Waals surface area (Å²) >= 11 is 1.23. The molecule has 1 saturated carbocycles. The number of thiazole rings is 1. The summed E-state index contributed by atoms with van der Waals surface area (Å²) in [6.45, 7) is 0.247. The monoisotopic (exact) mass is 256 g/mol. The van der Waals surface area contributed by atoms with Crippen LogP contribution in [0.25, 0.3) is 0 Å². The van der Waals surface area contributed by atoms with Gasteiger partial charge in [0.15, 0.2) is 5.13 Å². The number of aromatic nitrogens is 1. The van der Waals surface area contributed by atoms with Crippen LogP contribution in [0, 0.1) is 0 Å². The summed E-state index contributed by atoms with van der Waals surface area (Å²) in [6.07, 6.45) is 3.58. The molecule has 1 aromatic heterocycles. The minimum Gasteiger partial charge on any atom is -0.477 e. The first-order chi connectivity index (χ1) is 8.13. The summed E-state index contributed by atoms with van der Waals surface area (Å²) in [7, 11) is 3.52. The fourth-order valence-corrected chi connectivity index (χ4v) is 2.76. The fraction of sp³-hybridized carbons (Fsp3) is 0.636. The smallest absolute Gasteiger partial charge is 0.347 e. The van der Waals surface area contributed by atoms with Gasteiger partial charge in [-0.25, -0.2) is 9.78 Å². The lowest BCUT2D eigenvalue weighted by Gasteiger charge is -2.34. The molecule has 5 nitrogen and oxygen atoms in total. The van der Waals surface area contributed by atoms with E-state index in [0.717, 1.165) is 18.0 Å². The van der Waals surface area contributed by atoms with Crippen LogP contribution in [-0.2, 0) is 11.3 Å². The Morgan fingerprint density at radius 1 is 1.65 bits per heavy atom. The number of methoxy groups -OCH3 is 1. The van der Waals surface area contributed by atoms with Gasteiger partial charge in [-0.05, 0) is 19.3 Å². The zero-order chi connectivity index (χ0) is 12.4. The lowest BCUT2D eigenvalue weighted by Crippen LogP contribution is -2.37. The molecule has 1 N–H and O–H groups in total. The molecular weight excluding hydrogens is 240 g/mol. The van der Waals surface area contributed by atoms with Crippen molar-refractivity contribution in [2.24, 2.45) is 0 Å². The molecule has 1 aliphatic carbocycles. The van der Waals surface area contributed by atoms with Gasteiger partial charge in [0.05, 0.1) is 12.3 Å². The van der Waals surface area contributed by atoms with Crippen molar-refractivity contribution in [3.63, 3.8) is 0 Å². The molecule has 1 aromatic rings. The normalized spacial score (nSPS) is 15.6. The molecule has 0 bridgehead atoms. The second-order valence-corrected chi connectivity index (χ2v) is 5.18. The zero-order valence-electron chi connectivity index (χ0n) is 9.97. The van der Waals surface area contributed by atoms with Crippen molar-refractivity contribution in [2.45, 2.75) is 31.9 Å². The summed E-state index contributed by atoms with van der Waals surface area (Å²) in [5.74, 6) is -0.928. The van der Waals surface area contributed by atoms with Gasteiger partial charge in [0, 0.05) is 20.2 Å². The van der Waals surface area contributed by atoms with E-state index < -0.39 is 5.97 Å². The van der Waals surface area contributed by atoms with Crippen LogP contribution in [0.4, 0.5) is 5.13 Å². The second-order valence-electron chi connectivity index (χ2n) is 4.21. The molecule has 0 aliphatic heterocycles. The molecule has 1 aliphatic rings. The van der Waals surface area contributed by atoms with Gasteiger partial charge in [-0.1, -0.05) is 11.3 Å². The van der Waals surface area contributed by atoms with Gasteiger partial charge in [-0.15, -0.1) is 0 Å². The Morgan fingerprint density at radius 2 is 2.35 bits per heavy atom. The molecule has 0 amide bonds. The molecule has 0 atom stereocenters. The predicted molar refractivity (Wildman–Crippen MR) is 65.8 cm³/mol. The third-order valence-corrected chi connectivity index (χ3v) is 4.26. The van der Waals surface area contributed by atoms with Crippen LogP contribution in [0.15, 0.2) is 0 Å². The van der Waals surface area contributed by atoms with E-state index in [4.69, 9.17) is 9.84 Å². The third-order valence-electron chi connectivity index (χ3n) is 3.09. The van der Waals surface area contributed by atoms with Crippen LogP contribution in [-0.4, -0.2) is 36.3 Å². The molecule has 0 radical (unpaired) electrons. The number of rotatable bonds is 5. The summed E-state index contributed by atoms with van der Waals surface area (Å²) in [4.78, 5) is 17.8. The summed E-state index contributed by atoms with van der Waals surface area (Å²) < 4.78 is 4.97. The largest absolute Gasteiger partial charge is 0.477 e. The van der Waals surface area contributed by atoms with Gasteiger partial charge in [-0.3, -0.25) is 0 Å². The SMILES string of the molecule is COCc1nc(N(C)C2CCC2)sc1C(=O)O. The lowest BCUT2D eigenvalue weighted by molar-refractivity contribution is 0.0697. The predicted octanol–water partition coefficient (Wildman–Crippen LogP) is 1.98. The minimum absolute atomic E-state index is 0.247. The van der Waals surface area contributed by atoms with Crippen LogP contribution in [0.1, 0.15) is 34.6 Å². The highest BCUT2D eigenvalue weighted by molar-refractivity contribution is 7.17. The van der Waals surface area contributed by atoms with Crippen molar-refractivity contribution in [1.29, 1.82) is 0 Å². The highest BCUT2D eigenvalue weighted by Gasteiger charge is 2.26. The van der Waals surface area contributed by atoms with Crippen molar-refractivity contribution < 1.29 is 14.6 Å². The van der Waals surface area contributed by atoms with Gasteiger partial charge >= 0.3 is 5.97 Å². The topological polar surface area (TPSA) is 62.7 Å². The molecule has 0 saturated heterocycles. The average Bonchev–Trinajstić information content (AvgIpc) is 2.59. The van der Waals surface area contributed by atoms with E-state index in [1.165, 1.54) is 17.8 Å². The minimum atomic E-state index is -0.928. The first-order valence-electron chi connectivity index (χ1n) is 5.58. The fourth-order valence-electron chi connectivity index (χ4n) is 1.82. The molecule has 17 heavy (non-hydrogen) atoms. The Labute approximate surface area is 104 Å². The van der Waals surface area contributed by atoms with Gasteiger partial charge in [0.25, 0.3) is 0 Å². The lowest BCUT2D eigenvalue weighted by atomic mass is 9.92. The van der Waals surface area contributed by atoms with E-state index in [1.807, 2.05) is 7.05 Å². The van der Waals surface area contributed by atoms with Crippen molar-refractivity contribution in [3.8, 4) is 0 Å². The Kier molecular flexibility index (Phi) is 3.63. The molecule has 1 heterocycles. The maximum absolute atomic E-state index is 11.1. The van der Waals surface area contributed by atoms with Crippen molar-refractivity contribution >= 4 is 22.4 Å². The number of ether oxygens (including phenoxy) is 1. The Morgan fingerprint density at radius 3 is 2.82 bits per heavy atom. The van der Waals surface area contributed by atoms with Crippen LogP contribution in [0.5, 0.6) is 0 Å². The maximum atomic E-state index is 11.1. The number of carboxylic acid groups (broad SMARTS) is 1. The first kappa shape index (κ1) is 12.3. The Balaban J connectivity index is 2.22. The van der Waals surface area contributed by atoms with Crippen LogP contribution >= 0.6 is 11.3 Å². The summed E-state index contributed by atoms with van der Waals surface area (Å²) in [5, 5.41) is 9.87. The highest BCUT2D eigenvalue weighted by Crippen LogP contribution is 2.32. The van der Waals surface area contributed by atoms with Gasteiger partial charge in [0.1, 0.15) is 4.88 Å². The Bertz CT molecular complexity index is 415. The molecule has 1 fully saturated rings. The second kappa shape index (κ2) is 5.01. The van der Waals surface area contributed by atoms with E-state index in [0.29, 0.717) is 11.7 Å². The number of hydrogen-bond acceptors (Lipinski definition) is 5. The van der Waals surface area contributed by atoms with Crippen molar-refractivity contribution in [2.75, 3.05) is 19.1 Å². The van der Waals surface area contributed by atoms with Gasteiger partial charge in [0.2, 0.25) is 0 Å². The van der Waals surface area contributed by atoms with Crippen LogP contribution < -0.4 is 4.90 Å². The number of hydrogen-bond donors (Lipinski definition) is 1. The van der Waals surface area contributed by atoms with Crippen molar-refractivity contribution in [1.82, 2.24) is 4.98 Å². The molecule has 0 unspecified atom stereocenters. The van der Waals surface area contributed by atoms with Crippen molar-refractivity contribution in [3.05, 3.63) is 10.6 Å². The summed E-state index contributed by atoms with van der Waals surface area (Å²) in [6, 6.07) is 0.512. The highest BCUT2D eigenvalue weighted by atomic mass is 32.1. The Hall–Kier alpha value is -1.14. The number of carboxylic acids is 1. The number of carbonyl (C=O) groups is 1. The molecule has 6 heteroatoms. The van der Waals surface area contributed by atoms with Gasteiger partial charge in [-0.2, -0.15) is 0 Å². The number of aromatic carboxylic acids is 1. The molecule has 0 aromatic carbocycles. The molecule has 94 valence electrons. The quantitative estimate of drug-likeness (QED) is 0.872.